The van der Waals surface area contributed by atoms with Crippen molar-refractivity contribution in [3.05, 3.63) is 59.2 Å². The summed E-state index contributed by atoms with van der Waals surface area (Å²) in [5.41, 5.74) is 3.80. The fourth-order valence-electron chi connectivity index (χ4n) is 2.10. The largest absolute Gasteiger partial charge is 0.497 e. The molecule has 0 aliphatic rings. The first-order valence-electron chi connectivity index (χ1n) is 6.50. The predicted molar refractivity (Wildman–Crippen MR) is 83.1 cm³/mol. The highest BCUT2D eigenvalue weighted by Gasteiger charge is 2.08. The van der Waals surface area contributed by atoms with Gasteiger partial charge in [0.05, 0.1) is 19.0 Å². The molecule has 0 radical (unpaired) electrons. The van der Waals surface area contributed by atoms with E-state index in [-0.39, 0.29) is 0 Å². The molecule has 0 unspecified atom stereocenters. The molecule has 21 heavy (non-hydrogen) atoms. The van der Waals surface area contributed by atoms with Gasteiger partial charge in [0.1, 0.15) is 11.4 Å². The SMILES string of the molecule is COc1ccc(-c2cn(-c3cc(Cl)ccc3C)nn2)cc1. The fourth-order valence-corrected chi connectivity index (χ4v) is 2.27. The number of rotatable bonds is 3. The Morgan fingerprint density at radius 1 is 1.10 bits per heavy atom. The van der Waals surface area contributed by atoms with Crippen LogP contribution < -0.4 is 4.74 Å². The van der Waals surface area contributed by atoms with Crippen LogP contribution in [0, 0.1) is 6.92 Å². The molecule has 5 heteroatoms. The maximum absolute atomic E-state index is 6.05. The van der Waals surface area contributed by atoms with E-state index in [4.69, 9.17) is 16.3 Å². The summed E-state index contributed by atoms with van der Waals surface area (Å²) in [6.45, 7) is 2.01. The van der Waals surface area contributed by atoms with Crippen molar-refractivity contribution in [2.75, 3.05) is 7.11 Å². The van der Waals surface area contributed by atoms with Crippen LogP contribution in [0.1, 0.15) is 5.56 Å². The fraction of sp³-hybridized carbons (Fsp3) is 0.125. The third kappa shape index (κ3) is 2.76. The van der Waals surface area contributed by atoms with Crippen molar-refractivity contribution >= 4 is 11.6 Å². The lowest BCUT2D eigenvalue weighted by atomic mass is 10.1. The van der Waals surface area contributed by atoms with E-state index >= 15 is 0 Å². The first-order chi connectivity index (χ1) is 10.2. The average molecular weight is 300 g/mol. The van der Waals surface area contributed by atoms with E-state index in [1.54, 1.807) is 11.8 Å². The standard InChI is InChI=1S/C16H14ClN3O/c1-11-3-6-13(17)9-16(11)20-10-15(18-19-20)12-4-7-14(21-2)8-5-12/h3-10H,1-2H3. The molecule has 0 bridgehead atoms. The molecule has 0 fully saturated rings. The van der Waals surface area contributed by atoms with Crippen LogP contribution in [0.25, 0.3) is 16.9 Å². The highest BCUT2D eigenvalue weighted by atomic mass is 35.5. The van der Waals surface area contributed by atoms with Crippen LogP contribution in [-0.2, 0) is 0 Å². The summed E-state index contributed by atoms with van der Waals surface area (Å²) < 4.78 is 6.89. The number of hydrogen-bond donors (Lipinski definition) is 0. The quantitative estimate of drug-likeness (QED) is 0.736. The van der Waals surface area contributed by atoms with Crippen LogP contribution in [0.4, 0.5) is 0 Å². The maximum atomic E-state index is 6.05. The van der Waals surface area contributed by atoms with E-state index < -0.39 is 0 Å². The molecule has 0 aliphatic carbocycles. The molecule has 0 atom stereocenters. The van der Waals surface area contributed by atoms with Gasteiger partial charge < -0.3 is 4.74 Å². The maximum Gasteiger partial charge on any atom is 0.118 e. The van der Waals surface area contributed by atoms with Crippen molar-refractivity contribution in [3.63, 3.8) is 0 Å². The van der Waals surface area contributed by atoms with Crippen molar-refractivity contribution in [1.82, 2.24) is 15.0 Å². The molecule has 106 valence electrons. The van der Waals surface area contributed by atoms with Gasteiger partial charge in [0.2, 0.25) is 0 Å². The number of methoxy groups -OCH3 is 1. The van der Waals surface area contributed by atoms with Gasteiger partial charge in [0, 0.05) is 10.6 Å². The summed E-state index contributed by atoms with van der Waals surface area (Å²) in [5.74, 6) is 0.817. The van der Waals surface area contributed by atoms with Gasteiger partial charge in [-0.2, -0.15) is 0 Å². The van der Waals surface area contributed by atoms with Gasteiger partial charge in [-0.15, -0.1) is 5.10 Å². The smallest absolute Gasteiger partial charge is 0.118 e. The zero-order valence-electron chi connectivity index (χ0n) is 11.7. The van der Waals surface area contributed by atoms with Crippen LogP contribution in [0.3, 0.4) is 0 Å². The highest BCUT2D eigenvalue weighted by molar-refractivity contribution is 6.30. The molecule has 0 aliphatic heterocycles. The van der Waals surface area contributed by atoms with Crippen LogP contribution in [-0.4, -0.2) is 22.1 Å². The molecular weight excluding hydrogens is 286 g/mol. The normalized spacial score (nSPS) is 10.6. The summed E-state index contributed by atoms with van der Waals surface area (Å²) in [5, 5.41) is 9.08. The summed E-state index contributed by atoms with van der Waals surface area (Å²) in [7, 11) is 1.65. The summed E-state index contributed by atoms with van der Waals surface area (Å²) in [6, 6.07) is 13.4. The Hall–Kier alpha value is -2.33. The van der Waals surface area contributed by atoms with Gasteiger partial charge >= 0.3 is 0 Å². The minimum Gasteiger partial charge on any atom is -0.497 e. The molecule has 0 amide bonds. The number of hydrogen-bond acceptors (Lipinski definition) is 3. The van der Waals surface area contributed by atoms with Crippen LogP contribution in [0.15, 0.2) is 48.7 Å². The van der Waals surface area contributed by atoms with Crippen molar-refractivity contribution in [1.29, 1.82) is 0 Å². The van der Waals surface area contributed by atoms with Crippen LogP contribution in [0.5, 0.6) is 5.75 Å². The molecule has 0 spiro atoms. The molecule has 0 N–H and O–H groups in total. The van der Waals surface area contributed by atoms with Crippen molar-refractivity contribution < 1.29 is 4.74 Å². The topological polar surface area (TPSA) is 39.9 Å². The first-order valence-corrected chi connectivity index (χ1v) is 6.88. The zero-order valence-corrected chi connectivity index (χ0v) is 12.5. The average Bonchev–Trinajstić information content (AvgIpc) is 2.99. The summed E-state index contributed by atoms with van der Waals surface area (Å²) >= 11 is 6.05. The van der Waals surface area contributed by atoms with Crippen LogP contribution >= 0.6 is 11.6 Å². The Bertz CT molecular complexity index is 765. The lowest BCUT2D eigenvalue weighted by Gasteiger charge is -2.04. The monoisotopic (exact) mass is 299 g/mol. The third-order valence-electron chi connectivity index (χ3n) is 3.30. The molecule has 2 aromatic carbocycles. The first kappa shape index (κ1) is 13.6. The number of ether oxygens (including phenoxy) is 1. The molecule has 3 rings (SSSR count). The van der Waals surface area contributed by atoms with Crippen molar-refractivity contribution in [2.45, 2.75) is 6.92 Å². The number of nitrogens with zero attached hydrogens (tertiary/aromatic N) is 3. The minimum atomic E-state index is 0.678. The molecule has 0 saturated carbocycles. The van der Waals surface area contributed by atoms with Gasteiger partial charge in [-0.1, -0.05) is 22.9 Å². The van der Waals surface area contributed by atoms with Gasteiger partial charge in [-0.25, -0.2) is 4.68 Å². The second-order valence-corrected chi connectivity index (χ2v) is 5.14. The molecule has 0 saturated heterocycles. The van der Waals surface area contributed by atoms with E-state index in [0.29, 0.717) is 5.02 Å². The third-order valence-corrected chi connectivity index (χ3v) is 3.53. The van der Waals surface area contributed by atoms with Crippen molar-refractivity contribution in [2.24, 2.45) is 0 Å². The van der Waals surface area contributed by atoms with Gasteiger partial charge in [0.25, 0.3) is 0 Å². The van der Waals surface area contributed by atoms with E-state index in [1.807, 2.05) is 55.6 Å². The molecule has 1 aromatic heterocycles. The molecule has 4 nitrogen and oxygen atoms in total. The summed E-state index contributed by atoms with van der Waals surface area (Å²) in [4.78, 5) is 0. The van der Waals surface area contributed by atoms with Gasteiger partial charge in [-0.3, -0.25) is 0 Å². The number of halogens is 1. The zero-order chi connectivity index (χ0) is 14.8. The molecule has 3 aromatic rings. The van der Waals surface area contributed by atoms with Crippen molar-refractivity contribution in [3.8, 4) is 22.7 Å². The predicted octanol–water partition coefficient (Wildman–Crippen LogP) is 3.90. The van der Waals surface area contributed by atoms with E-state index in [2.05, 4.69) is 10.3 Å². The van der Waals surface area contributed by atoms with E-state index in [1.165, 1.54) is 0 Å². The Morgan fingerprint density at radius 2 is 1.86 bits per heavy atom. The Balaban J connectivity index is 1.97. The van der Waals surface area contributed by atoms with E-state index in [9.17, 15) is 0 Å². The second-order valence-electron chi connectivity index (χ2n) is 4.71. The Kier molecular flexibility index (Phi) is 3.62. The minimum absolute atomic E-state index is 0.678. The summed E-state index contributed by atoms with van der Waals surface area (Å²) in [6.07, 6.45) is 1.89. The number of benzene rings is 2. The van der Waals surface area contributed by atoms with Gasteiger partial charge in [0.15, 0.2) is 0 Å². The lowest BCUT2D eigenvalue weighted by Crippen LogP contribution is -1.97. The molecule has 1 heterocycles. The van der Waals surface area contributed by atoms with Crippen LogP contribution in [0.2, 0.25) is 5.02 Å². The Labute approximate surface area is 127 Å². The lowest BCUT2D eigenvalue weighted by molar-refractivity contribution is 0.415. The molecular formula is C16H14ClN3O. The van der Waals surface area contributed by atoms with Gasteiger partial charge in [-0.05, 0) is 48.9 Å². The number of aryl methyl sites for hydroxylation is 1. The van der Waals surface area contributed by atoms with E-state index in [0.717, 1.165) is 28.3 Å². The second kappa shape index (κ2) is 5.58. The number of aromatic nitrogens is 3. The highest BCUT2D eigenvalue weighted by Crippen LogP contribution is 2.23. The Morgan fingerprint density at radius 3 is 2.57 bits per heavy atom.